The highest BCUT2D eigenvalue weighted by atomic mass is 32.1. The molecule has 0 bridgehead atoms. The molecule has 0 aliphatic rings. The van der Waals surface area contributed by atoms with Crippen LogP contribution in [0.5, 0.6) is 0 Å². The molecule has 0 unspecified atom stereocenters. The Hall–Kier alpha value is -1.02. The van der Waals surface area contributed by atoms with Gasteiger partial charge in [0.15, 0.2) is 0 Å². The molecule has 2 heteroatoms. The van der Waals surface area contributed by atoms with Crippen LogP contribution < -0.4 is 0 Å². The molecule has 0 atom stereocenters. The minimum absolute atomic E-state index is 0. The standard InChI is InChI=1S/C9H7N.H2S/c1-2-4-9-7-10-6-5-8(9)3-1;/h1-7H;1H2. The lowest BCUT2D eigenvalue weighted by molar-refractivity contribution is 1.36. The Bertz CT molecular complexity index is 281. The fourth-order valence-corrected chi connectivity index (χ4v) is 1.03. The van der Waals surface area contributed by atoms with Crippen molar-refractivity contribution in [3.05, 3.63) is 42.7 Å². The van der Waals surface area contributed by atoms with Gasteiger partial charge in [0, 0.05) is 12.4 Å². The van der Waals surface area contributed by atoms with E-state index < -0.39 is 0 Å². The molecular formula is C9H9NS. The van der Waals surface area contributed by atoms with Crippen molar-refractivity contribution in [2.75, 3.05) is 0 Å². The smallest absolute Gasteiger partial charge is 0.0346 e. The first kappa shape index (κ1) is 8.08. The number of hydrogen-bond acceptors (Lipinski definition) is 1. The summed E-state index contributed by atoms with van der Waals surface area (Å²) in [6, 6.07) is 10.2. The Kier molecular flexibility index (Phi) is 2.49. The van der Waals surface area contributed by atoms with Crippen LogP contribution in [0.3, 0.4) is 0 Å². The van der Waals surface area contributed by atoms with Gasteiger partial charge in [0.05, 0.1) is 0 Å². The van der Waals surface area contributed by atoms with Crippen molar-refractivity contribution in [1.82, 2.24) is 4.98 Å². The maximum Gasteiger partial charge on any atom is 0.0346 e. The predicted octanol–water partition coefficient (Wildman–Crippen LogP) is 2.35. The molecule has 0 N–H and O–H groups in total. The molecule has 0 spiro atoms. The summed E-state index contributed by atoms with van der Waals surface area (Å²) in [5, 5.41) is 2.45. The average molecular weight is 163 g/mol. The highest BCUT2D eigenvalue weighted by Gasteiger charge is 1.86. The second kappa shape index (κ2) is 3.39. The van der Waals surface area contributed by atoms with Crippen molar-refractivity contribution in [3.63, 3.8) is 0 Å². The topological polar surface area (TPSA) is 12.9 Å². The van der Waals surface area contributed by atoms with Crippen molar-refractivity contribution >= 4 is 24.3 Å². The molecule has 0 fully saturated rings. The van der Waals surface area contributed by atoms with Crippen LogP contribution in [0.1, 0.15) is 0 Å². The molecule has 0 radical (unpaired) electrons. The number of nitrogens with zero attached hydrogens (tertiary/aromatic N) is 1. The van der Waals surface area contributed by atoms with Crippen LogP contribution in [0.4, 0.5) is 0 Å². The molecule has 2 aromatic rings. The third-order valence-electron chi connectivity index (χ3n) is 1.55. The molecular weight excluding hydrogens is 154 g/mol. The van der Waals surface area contributed by atoms with Crippen molar-refractivity contribution in [1.29, 1.82) is 0 Å². The number of rotatable bonds is 0. The normalized spacial score (nSPS) is 9.09. The molecule has 56 valence electrons. The zero-order valence-corrected chi connectivity index (χ0v) is 6.99. The first-order chi connectivity index (χ1) is 4.97. The van der Waals surface area contributed by atoms with Crippen molar-refractivity contribution in [2.24, 2.45) is 0 Å². The minimum atomic E-state index is 0. The van der Waals surface area contributed by atoms with Crippen LogP contribution >= 0.6 is 13.5 Å². The Morgan fingerprint density at radius 1 is 0.909 bits per heavy atom. The van der Waals surface area contributed by atoms with Gasteiger partial charge >= 0.3 is 0 Å². The van der Waals surface area contributed by atoms with E-state index in [2.05, 4.69) is 17.1 Å². The molecule has 1 heterocycles. The molecule has 0 aliphatic carbocycles. The quantitative estimate of drug-likeness (QED) is 0.581. The summed E-state index contributed by atoms with van der Waals surface area (Å²) in [5.74, 6) is 0. The summed E-state index contributed by atoms with van der Waals surface area (Å²) < 4.78 is 0. The van der Waals surface area contributed by atoms with Gasteiger partial charge in [0.1, 0.15) is 0 Å². The van der Waals surface area contributed by atoms with Crippen LogP contribution in [-0.2, 0) is 0 Å². The van der Waals surface area contributed by atoms with Crippen LogP contribution in [-0.4, -0.2) is 4.98 Å². The van der Waals surface area contributed by atoms with Crippen molar-refractivity contribution < 1.29 is 0 Å². The van der Waals surface area contributed by atoms with E-state index in [1.807, 2.05) is 30.6 Å². The van der Waals surface area contributed by atoms with Gasteiger partial charge in [-0.2, -0.15) is 13.5 Å². The van der Waals surface area contributed by atoms with E-state index in [9.17, 15) is 0 Å². The first-order valence-corrected chi connectivity index (χ1v) is 3.25. The monoisotopic (exact) mass is 163 g/mol. The predicted molar refractivity (Wildman–Crippen MR) is 52.1 cm³/mol. The minimum Gasteiger partial charge on any atom is -0.264 e. The van der Waals surface area contributed by atoms with Gasteiger partial charge < -0.3 is 0 Å². The molecule has 0 saturated carbocycles. The number of aromatic nitrogens is 1. The lowest BCUT2D eigenvalue weighted by Gasteiger charge is -1.91. The summed E-state index contributed by atoms with van der Waals surface area (Å²) in [4.78, 5) is 4.01. The zero-order valence-electron chi connectivity index (χ0n) is 5.99. The van der Waals surface area contributed by atoms with Gasteiger partial charge in [-0.1, -0.05) is 24.3 Å². The fourth-order valence-electron chi connectivity index (χ4n) is 1.03. The Balaban J connectivity index is 0.000000605. The van der Waals surface area contributed by atoms with Gasteiger partial charge in [-0.05, 0) is 16.8 Å². The van der Waals surface area contributed by atoms with Crippen molar-refractivity contribution in [3.8, 4) is 0 Å². The fraction of sp³-hybridized carbons (Fsp3) is 0. The first-order valence-electron chi connectivity index (χ1n) is 3.25. The van der Waals surface area contributed by atoms with Crippen LogP contribution in [0.25, 0.3) is 10.8 Å². The van der Waals surface area contributed by atoms with Crippen molar-refractivity contribution in [2.45, 2.75) is 0 Å². The van der Waals surface area contributed by atoms with Crippen LogP contribution in [0.2, 0.25) is 0 Å². The average Bonchev–Trinajstić information content (AvgIpc) is 2.05. The highest BCUT2D eigenvalue weighted by Crippen LogP contribution is 2.09. The molecule has 2 rings (SSSR count). The highest BCUT2D eigenvalue weighted by molar-refractivity contribution is 7.59. The zero-order chi connectivity index (χ0) is 6.81. The number of benzene rings is 1. The maximum absolute atomic E-state index is 4.01. The van der Waals surface area contributed by atoms with E-state index in [0.29, 0.717) is 0 Å². The van der Waals surface area contributed by atoms with E-state index >= 15 is 0 Å². The van der Waals surface area contributed by atoms with E-state index in [4.69, 9.17) is 0 Å². The molecule has 1 aromatic carbocycles. The number of fused-ring (bicyclic) bond motifs is 1. The summed E-state index contributed by atoms with van der Waals surface area (Å²) in [6.07, 6.45) is 3.68. The molecule has 0 saturated heterocycles. The third kappa shape index (κ3) is 1.52. The maximum atomic E-state index is 4.01. The van der Waals surface area contributed by atoms with E-state index in [0.717, 1.165) is 0 Å². The lowest BCUT2D eigenvalue weighted by Crippen LogP contribution is -1.71. The molecule has 1 aromatic heterocycles. The van der Waals surface area contributed by atoms with Gasteiger partial charge in [-0.25, -0.2) is 0 Å². The summed E-state index contributed by atoms with van der Waals surface area (Å²) >= 11 is 0. The third-order valence-corrected chi connectivity index (χ3v) is 1.55. The molecule has 0 aliphatic heterocycles. The van der Waals surface area contributed by atoms with E-state index in [1.54, 1.807) is 0 Å². The van der Waals surface area contributed by atoms with Crippen LogP contribution in [0.15, 0.2) is 42.7 Å². The van der Waals surface area contributed by atoms with Gasteiger partial charge in [-0.3, -0.25) is 4.98 Å². The molecule has 1 nitrogen and oxygen atoms in total. The van der Waals surface area contributed by atoms with Gasteiger partial charge in [-0.15, -0.1) is 0 Å². The van der Waals surface area contributed by atoms with E-state index in [-0.39, 0.29) is 13.5 Å². The Morgan fingerprint density at radius 2 is 1.64 bits per heavy atom. The van der Waals surface area contributed by atoms with E-state index in [1.165, 1.54) is 10.8 Å². The van der Waals surface area contributed by atoms with Gasteiger partial charge in [0.2, 0.25) is 0 Å². The van der Waals surface area contributed by atoms with Crippen LogP contribution in [0, 0.1) is 0 Å². The summed E-state index contributed by atoms with van der Waals surface area (Å²) in [6.45, 7) is 0. The lowest BCUT2D eigenvalue weighted by atomic mass is 10.2. The molecule has 0 amide bonds. The number of pyridine rings is 1. The van der Waals surface area contributed by atoms with Gasteiger partial charge in [0.25, 0.3) is 0 Å². The summed E-state index contributed by atoms with van der Waals surface area (Å²) in [7, 11) is 0. The summed E-state index contributed by atoms with van der Waals surface area (Å²) in [5.41, 5.74) is 0. The Labute approximate surface area is 72.5 Å². The Morgan fingerprint density at radius 3 is 2.36 bits per heavy atom. The largest absolute Gasteiger partial charge is 0.264 e. The molecule has 11 heavy (non-hydrogen) atoms. The second-order valence-corrected chi connectivity index (χ2v) is 2.22. The second-order valence-electron chi connectivity index (χ2n) is 2.22. The SMILES string of the molecule is S.c1ccc2cnccc2c1. The number of hydrogen-bond donors (Lipinski definition) is 0.